The van der Waals surface area contributed by atoms with E-state index < -0.39 is 0 Å². The topological polar surface area (TPSA) is 17.1 Å². The monoisotopic (exact) mass is 178 g/mol. The van der Waals surface area contributed by atoms with E-state index in [4.69, 9.17) is 0 Å². The second-order valence-electron chi connectivity index (χ2n) is 2.92. The molecule has 1 aromatic rings. The Balaban J connectivity index is 2.00. The summed E-state index contributed by atoms with van der Waals surface area (Å²) in [4.78, 5) is 12.2. The average molecular weight is 178 g/mol. The van der Waals surface area contributed by atoms with Gasteiger partial charge in [-0.2, -0.15) is 0 Å². The maximum atomic E-state index is 11.0. The van der Waals surface area contributed by atoms with Crippen molar-refractivity contribution in [3.8, 4) is 0 Å². The first-order valence-electron chi connectivity index (χ1n) is 4.11. The normalized spacial score (nSPS) is 22.0. The third kappa shape index (κ3) is 1.53. The van der Waals surface area contributed by atoms with Gasteiger partial charge >= 0.3 is 0 Å². The fourth-order valence-corrected chi connectivity index (χ4v) is 2.30. The van der Waals surface area contributed by atoms with Gasteiger partial charge in [0.05, 0.1) is 5.25 Å². The summed E-state index contributed by atoms with van der Waals surface area (Å²) >= 11 is 1.69. The number of hydrogen-bond donors (Lipinski definition) is 0. The van der Waals surface area contributed by atoms with Crippen LogP contribution in [0.25, 0.3) is 0 Å². The van der Waals surface area contributed by atoms with Crippen LogP contribution < -0.4 is 0 Å². The molecule has 1 aliphatic rings. The van der Waals surface area contributed by atoms with Crippen molar-refractivity contribution in [2.45, 2.75) is 23.0 Å². The highest BCUT2D eigenvalue weighted by Crippen LogP contribution is 2.33. The molecule has 0 unspecified atom stereocenters. The van der Waals surface area contributed by atoms with E-state index in [9.17, 15) is 4.79 Å². The van der Waals surface area contributed by atoms with Crippen molar-refractivity contribution in [2.24, 2.45) is 0 Å². The van der Waals surface area contributed by atoms with E-state index in [-0.39, 0.29) is 5.25 Å². The number of thioether (sulfide) groups is 1. The van der Waals surface area contributed by atoms with Gasteiger partial charge in [-0.05, 0) is 18.6 Å². The van der Waals surface area contributed by atoms with Crippen molar-refractivity contribution in [3.63, 3.8) is 0 Å². The molecule has 1 saturated carbocycles. The van der Waals surface area contributed by atoms with Gasteiger partial charge in [0.25, 0.3) is 0 Å². The Hall–Kier alpha value is -0.760. The third-order valence-corrected chi connectivity index (χ3v) is 3.36. The molecule has 62 valence electrons. The summed E-state index contributed by atoms with van der Waals surface area (Å²) in [5.74, 6) is 0.406. The van der Waals surface area contributed by atoms with Crippen LogP contribution in [0.1, 0.15) is 12.8 Å². The molecule has 0 amide bonds. The standard InChI is InChI=1S/C10H10OS/c11-9-6-7-10(9)12-8-4-2-1-3-5-8/h1-5,10H,6-7H2/t10-/m0/s1. The average Bonchev–Trinajstić information content (AvgIpc) is 2.14. The molecule has 1 fully saturated rings. The van der Waals surface area contributed by atoms with Gasteiger partial charge in [-0.15, -0.1) is 11.8 Å². The first-order chi connectivity index (χ1) is 5.86. The lowest BCUT2D eigenvalue weighted by atomic mass is 9.98. The number of carbonyl (C=O) groups excluding carboxylic acids is 1. The summed E-state index contributed by atoms with van der Waals surface area (Å²) < 4.78 is 0. The summed E-state index contributed by atoms with van der Waals surface area (Å²) in [6.07, 6.45) is 1.84. The minimum atomic E-state index is 0.243. The Morgan fingerprint density at radius 1 is 1.25 bits per heavy atom. The highest BCUT2D eigenvalue weighted by molar-refractivity contribution is 8.00. The van der Waals surface area contributed by atoms with Gasteiger partial charge in [0.2, 0.25) is 0 Å². The second-order valence-corrected chi connectivity index (χ2v) is 4.20. The van der Waals surface area contributed by atoms with Crippen LogP contribution in [0, 0.1) is 0 Å². The van der Waals surface area contributed by atoms with Crippen LogP contribution in [0.4, 0.5) is 0 Å². The van der Waals surface area contributed by atoms with Crippen LogP contribution in [-0.4, -0.2) is 11.0 Å². The first kappa shape index (κ1) is 7.87. The van der Waals surface area contributed by atoms with Gasteiger partial charge in [0, 0.05) is 11.3 Å². The van der Waals surface area contributed by atoms with Gasteiger partial charge < -0.3 is 0 Å². The molecule has 1 aliphatic carbocycles. The lowest BCUT2D eigenvalue weighted by molar-refractivity contribution is -0.122. The maximum absolute atomic E-state index is 11.0. The largest absolute Gasteiger partial charge is 0.298 e. The van der Waals surface area contributed by atoms with Crippen molar-refractivity contribution in [2.75, 3.05) is 0 Å². The molecular formula is C10H10OS. The molecule has 1 aromatic carbocycles. The van der Waals surface area contributed by atoms with E-state index >= 15 is 0 Å². The van der Waals surface area contributed by atoms with Crippen LogP contribution in [-0.2, 0) is 4.79 Å². The molecule has 2 rings (SSSR count). The summed E-state index contributed by atoms with van der Waals surface area (Å²) in [7, 11) is 0. The Morgan fingerprint density at radius 3 is 2.50 bits per heavy atom. The summed E-state index contributed by atoms with van der Waals surface area (Å²) in [6, 6.07) is 10.1. The van der Waals surface area contributed by atoms with Gasteiger partial charge in [-0.3, -0.25) is 4.79 Å². The molecule has 0 bridgehead atoms. The molecule has 0 radical (unpaired) electrons. The highest BCUT2D eigenvalue weighted by atomic mass is 32.2. The zero-order valence-corrected chi connectivity index (χ0v) is 7.51. The summed E-state index contributed by atoms with van der Waals surface area (Å²) in [6.45, 7) is 0. The van der Waals surface area contributed by atoms with E-state index in [1.807, 2.05) is 18.2 Å². The fraction of sp³-hybridized carbons (Fsp3) is 0.300. The molecule has 1 atom stereocenters. The summed E-state index contributed by atoms with van der Waals surface area (Å²) in [5, 5.41) is 0.243. The summed E-state index contributed by atoms with van der Waals surface area (Å²) in [5.41, 5.74) is 0. The van der Waals surface area contributed by atoms with Gasteiger partial charge in [0.15, 0.2) is 0 Å². The lowest BCUT2D eigenvalue weighted by Crippen LogP contribution is -2.27. The molecule has 0 saturated heterocycles. The second kappa shape index (κ2) is 3.31. The van der Waals surface area contributed by atoms with E-state index in [0.717, 1.165) is 12.8 Å². The van der Waals surface area contributed by atoms with Crippen LogP contribution >= 0.6 is 11.8 Å². The van der Waals surface area contributed by atoms with E-state index in [1.165, 1.54) is 4.90 Å². The molecule has 1 nitrogen and oxygen atoms in total. The molecule has 0 spiro atoms. The molecule has 12 heavy (non-hydrogen) atoms. The number of benzene rings is 1. The molecule has 0 N–H and O–H groups in total. The van der Waals surface area contributed by atoms with Crippen LogP contribution in [0.3, 0.4) is 0 Å². The van der Waals surface area contributed by atoms with Crippen molar-refractivity contribution in [1.82, 2.24) is 0 Å². The van der Waals surface area contributed by atoms with Crippen molar-refractivity contribution < 1.29 is 4.79 Å². The third-order valence-electron chi connectivity index (χ3n) is 2.03. The quantitative estimate of drug-likeness (QED) is 0.692. The Morgan fingerprint density at radius 2 is 2.00 bits per heavy atom. The van der Waals surface area contributed by atoms with Crippen molar-refractivity contribution >= 4 is 17.5 Å². The van der Waals surface area contributed by atoms with Gasteiger partial charge in [-0.1, -0.05) is 18.2 Å². The van der Waals surface area contributed by atoms with Gasteiger partial charge in [0.1, 0.15) is 5.78 Å². The molecule has 0 heterocycles. The number of ketones is 1. The van der Waals surface area contributed by atoms with E-state index in [2.05, 4.69) is 12.1 Å². The molecule has 0 aliphatic heterocycles. The molecule has 0 aromatic heterocycles. The SMILES string of the molecule is O=C1CC[C@@H]1Sc1ccccc1. The lowest BCUT2D eigenvalue weighted by Gasteiger charge is -2.22. The number of carbonyl (C=O) groups is 1. The number of hydrogen-bond acceptors (Lipinski definition) is 2. The molecular weight excluding hydrogens is 168 g/mol. The number of Topliss-reactive ketones (excluding diaryl/α,β-unsaturated/α-hetero) is 1. The Labute approximate surface area is 76.2 Å². The zero-order chi connectivity index (χ0) is 8.39. The van der Waals surface area contributed by atoms with E-state index in [0.29, 0.717) is 5.78 Å². The Bertz CT molecular complexity index is 281. The van der Waals surface area contributed by atoms with Crippen LogP contribution in [0.15, 0.2) is 35.2 Å². The van der Waals surface area contributed by atoms with E-state index in [1.54, 1.807) is 11.8 Å². The smallest absolute Gasteiger partial charge is 0.146 e. The first-order valence-corrected chi connectivity index (χ1v) is 4.98. The predicted molar refractivity (Wildman–Crippen MR) is 50.3 cm³/mol. The van der Waals surface area contributed by atoms with Crippen molar-refractivity contribution in [3.05, 3.63) is 30.3 Å². The highest BCUT2D eigenvalue weighted by Gasteiger charge is 2.28. The van der Waals surface area contributed by atoms with Crippen LogP contribution in [0.5, 0.6) is 0 Å². The van der Waals surface area contributed by atoms with Gasteiger partial charge in [-0.25, -0.2) is 0 Å². The number of rotatable bonds is 2. The fourth-order valence-electron chi connectivity index (χ4n) is 1.17. The minimum absolute atomic E-state index is 0.243. The zero-order valence-electron chi connectivity index (χ0n) is 6.69. The molecule has 2 heteroatoms. The maximum Gasteiger partial charge on any atom is 0.146 e. The predicted octanol–water partition coefficient (Wildman–Crippen LogP) is 2.51. The van der Waals surface area contributed by atoms with Crippen molar-refractivity contribution in [1.29, 1.82) is 0 Å². The van der Waals surface area contributed by atoms with Crippen LogP contribution in [0.2, 0.25) is 0 Å². The Kier molecular flexibility index (Phi) is 2.17. The minimum Gasteiger partial charge on any atom is -0.298 e.